The van der Waals surface area contributed by atoms with Gasteiger partial charge in [-0.15, -0.1) is 5.10 Å². The molecule has 1 aliphatic rings. The smallest absolute Gasteiger partial charge is 0.341 e. The van der Waals surface area contributed by atoms with E-state index in [9.17, 15) is 14.0 Å². The van der Waals surface area contributed by atoms with E-state index in [0.717, 1.165) is 11.1 Å². The van der Waals surface area contributed by atoms with Crippen molar-refractivity contribution in [2.45, 2.75) is 26.8 Å². The van der Waals surface area contributed by atoms with Crippen LogP contribution in [0.3, 0.4) is 0 Å². The minimum absolute atomic E-state index is 0.133. The molecule has 3 aromatic heterocycles. The predicted molar refractivity (Wildman–Crippen MR) is 118 cm³/mol. The molecule has 4 heterocycles. The zero-order valence-corrected chi connectivity index (χ0v) is 18.3. The number of likely N-dealkylation sites (tertiary alicyclic amines) is 1. The van der Waals surface area contributed by atoms with E-state index in [1.165, 1.54) is 16.5 Å². The first-order valence-electron chi connectivity index (χ1n) is 10.8. The molecule has 2 unspecified atom stereocenters. The summed E-state index contributed by atoms with van der Waals surface area (Å²) in [5.74, 6) is 0.665. The molecule has 0 aliphatic carbocycles. The fraction of sp³-hybridized carbons (Fsp3) is 0.348. The van der Waals surface area contributed by atoms with Crippen LogP contribution in [-0.2, 0) is 11.3 Å². The lowest BCUT2D eigenvalue weighted by molar-refractivity contribution is -0.134. The highest BCUT2D eigenvalue weighted by atomic mass is 19.1. The zero-order valence-electron chi connectivity index (χ0n) is 18.3. The summed E-state index contributed by atoms with van der Waals surface area (Å²) < 4.78 is 21.4. The van der Waals surface area contributed by atoms with Gasteiger partial charge in [-0.2, -0.15) is 4.98 Å². The fourth-order valence-electron chi connectivity index (χ4n) is 4.48. The minimum atomic E-state index is -0.428. The van der Waals surface area contributed by atoms with Crippen molar-refractivity contribution in [2.24, 2.45) is 11.8 Å². The first-order chi connectivity index (χ1) is 15.9. The van der Waals surface area contributed by atoms with Gasteiger partial charge in [0.25, 0.3) is 5.89 Å². The monoisotopic (exact) mass is 450 g/mol. The quantitative estimate of drug-likeness (QED) is 0.474. The van der Waals surface area contributed by atoms with Crippen LogP contribution >= 0.6 is 0 Å². The highest BCUT2D eigenvalue weighted by molar-refractivity contribution is 5.76. The number of halogens is 1. The van der Waals surface area contributed by atoms with Crippen molar-refractivity contribution in [3.05, 3.63) is 58.9 Å². The molecule has 1 aliphatic heterocycles. The van der Waals surface area contributed by atoms with Gasteiger partial charge in [-0.1, -0.05) is 31.1 Å². The van der Waals surface area contributed by atoms with Crippen molar-refractivity contribution < 1.29 is 13.7 Å². The number of fused-ring (bicyclic) bond motifs is 1. The Kier molecular flexibility index (Phi) is 5.27. The number of nitrogens with zero attached hydrogens (tertiary/aromatic N) is 6. The number of rotatable bonds is 4. The van der Waals surface area contributed by atoms with Crippen LogP contribution in [0.15, 0.2) is 51.9 Å². The van der Waals surface area contributed by atoms with E-state index < -0.39 is 11.5 Å². The number of hydrogen-bond acceptors (Lipinski definition) is 6. The van der Waals surface area contributed by atoms with E-state index in [4.69, 9.17) is 4.52 Å². The van der Waals surface area contributed by atoms with Crippen molar-refractivity contribution >= 4 is 11.6 Å². The van der Waals surface area contributed by atoms with Gasteiger partial charge < -0.3 is 9.42 Å². The molecule has 10 heteroatoms. The second kappa shape index (κ2) is 8.27. The Morgan fingerprint density at radius 2 is 1.97 bits per heavy atom. The number of amides is 1. The van der Waals surface area contributed by atoms with Crippen LogP contribution < -0.4 is 5.69 Å². The molecule has 170 valence electrons. The van der Waals surface area contributed by atoms with Crippen molar-refractivity contribution in [2.75, 3.05) is 13.1 Å². The average Bonchev–Trinajstić information content (AvgIpc) is 3.39. The lowest BCUT2D eigenvalue weighted by Gasteiger charge is -2.34. The molecular weight excluding hydrogens is 427 g/mol. The highest BCUT2D eigenvalue weighted by Gasteiger charge is 2.26. The average molecular weight is 450 g/mol. The molecular formula is C23H23FN6O3. The number of aromatic nitrogens is 5. The van der Waals surface area contributed by atoms with Crippen LogP contribution in [0.25, 0.3) is 28.5 Å². The highest BCUT2D eigenvalue weighted by Crippen LogP contribution is 2.25. The maximum absolute atomic E-state index is 13.6. The van der Waals surface area contributed by atoms with Gasteiger partial charge >= 0.3 is 5.69 Å². The van der Waals surface area contributed by atoms with Crippen LogP contribution in [0.2, 0.25) is 0 Å². The van der Waals surface area contributed by atoms with Gasteiger partial charge in [0.05, 0.1) is 5.56 Å². The van der Waals surface area contributed by atoms with Gasteiger partial charge in [0.1, 0.15) is 12.4 Å². The second-order valence-electron chi connectivity index (χ2n) is 8.73. The largest absolute Gasteiger partial charge is 0.350 e. The van der Waals surface area contributed by atoms with Crippen LogP contribution in [-0.4, -0.2) is 48.2 Å². The number of carbonyl (C=O) groups excluding carboxylic acids is 1. The first kappa shape index (κ1) is 21.0. The van der Waals surface area contributed by atoms with E-state index in [0.29, 0.717) is 41.7 Å². The Labute approximate surface area is 188 Å². The summed E-state index contributed by atoms with van der Waals surface area (Å²) in [6, 6.07) is 9.23. The molecule has 0 spiro atoms. The van der Waals surface area contributed by atoms with Gasteiger partial charge in [-0.3, -0.25) is 4.79 Å². The molecule has 0 radical (unpaired) electrons. The van der Waals surface area contributed by atoms with E-state index in [1.807, 2.05) is 0 Å². The second-order valence-corrected chi connectivity index (χ2v) is 8.73. The summed E-state index contributed by atoms with van der Waals surface area (Å²) >= 11 is 0. The maximum Gasteiger partial charge on any atom is 0.350 e. The van der Waals surface area contributed by atoms with Crippen molar-refractivity contribution in [3.8, 4) is 22.8 Å². The van der Waals surface area contributed by atoms with E-state index in [-0.39, 0.29) is 24.2 Å². The number of benzene rings is 1. The molecule has 4 aromatic rings. The summed E-state index contributed by atoms with van der Waals surface area (Å²) in [5, 5.41) is 8.32. The molecule has 1 fully saturated rings. The predicted octanol–water partition coefficient (Wildman–Crippen LogP) is 2.86. The normalized spacial score (nSPS) is 18.7. The molecule has 0 N–H and O–H groups in total. The number of hydrogen-bond donors (Lipinski definition) is 0. The Morgan fingerprint density at radius 3 is 2.73 bits per heavy atom. The van der Waals surface area contributed by atoms with Crippen molar-refractivity contribution in [1.82, 2.24) is 29.2 Å². The van der Waals surface area contributed by atoms with Crippen LogP contribution in [0.4, 0.5) is 4.39 Å². The van der Waals surface area contributed by atoms with Crippen LogP contribution in [0.1, 0.15) is 20.3 Å². The van der Waals surface area contributed by atoms with Crippen LogP contribution in [0, 0.1) is 17.7 Å². The first-order valence-corrected chi connectivity index (χ1v) is 10.8. The summed E-state index contributed by atoms with van der Waals surface area (Å²) in [6.07, 6.45) is 2.66. The zero-order chi connectivity index (χ0) is 23.1. The number of piperidine rings is 1. The third kappa shape index (κ3) is 4.04. The molecule has 2 atom stereocenters. The summed E-state index contributed by atoms with van der Waals surface area (Å²) in [5.41, 5.74) is 0.778. The fourth-order valence-corrected chi connectivity index (χ4v) is 4.48. The van der Waals surface area contributed by atoms with Gasteiger partial charge in [0.2, 0.25) is 11.7 Å². The lowest BCUT2D eigenvalue weighted by atomic mass is 9.92. The molecule has 1 amide bonds. The SMILES string of the molecule is CC1CC(C)CN(C(=O)Cn2nc3c(-c4nc(-c5cccc(F)c5)no4)cccn3c2=O)C1. The maximum atomic E-state index is 13.6. The minimum Gasteiger partial charge on any atom is -0.341 e. The Hall–Kier alpha value is -3.82. The Bertz CT molecular complexity index is 1380. The van der Waals surface area contributed by atoms with Crippen molar-refractivity contribution in [3.63, 3.8) is 0 Å². The lowest BCUT2D eigenvalue weighted by Crippen LogP contribution is -2.45. The van der Waals surface area contributed by atoms with Gasteiger partial charge in [0.15, 0.2) is 5.65 Å². The molecule has 0 saturated carbocycles. The standard InChI is InChI=1S/C23H23FN6O3/c1-14-9-15(2)12-28(11-14)19(31)13-30-23(32)29-8-4-7-18(21(29)26-30)22-25-20(27-33-22)16-5-3-6-17(24)10-16/h3-8,10,14-15H,9,11-13H2,1-2H3. The van der Waals surface area contributed by atoms with Crippen LogP contribution in [0.5, 0.6) is 0 Å². The van der Waals surface area contributed by atoms with Crippen molar-refractivity contribution in [1.29, 1.82) is 0 Å². The number of pyridine rings is 1. The summed E-state index contributed by atoms with van der Waals surface area (Å²) in [7, 11) is 0. The van der Waals surface area contributed by atoms with E-state index >= 15 is 0 Å². The summed E-state index contributed by atoms with van der Waals surface area (Å²) in [4.78, 5) is 31.9. The van der Waals surface area contributed by atoms with Gasteiger partial charge in [-0.25, -0.2) is 18.3 Å². The van der Waals surface area contributed by atoms with Gasteiger partial charge in [-0.05, 0) is 42.5 Å². The van der Waals surface area contributed by atoms with E-state index in [2.05, 4.69) is 29.1 Å². The molecule has 1 aromatic carbocycles. The number of carbonyl (C=O) groups is 1. The topological polar surface area (TPSA) is 98.5 Å². The van der Waals surface area contributed by atoms with E-state index in [1.54, 1.807) is 35.4 Å². The Balaban J connectivity index is 1.46. The Morgan fingerprint density at radius 1 is 1.18 bits per heavy atom. The molecule has 33 heavy (non-hydrogen) atoms. The third-order valence-corrected chi connectivity index (χ3v) is 5.86. The molecule has 1 saturated heterocycles. The summed E-state index contributed by atoms with van der Waals surface area (Å²) in [6.45, 7) is 5.48. The molecule has 5 rings (SSSR count). The molecule has 9 nitrogen and oxygen atoms in total. The third-order valence-electron chi connectivity index (χ3n) is 5.86. The van der Waals surface area contributed by atoms with Gasteiger partial charge in [0, 0.05) is 24.8 Å². The molecule has 0 bridgehead atoms.